The van der Waals surface area contributed by atoms with Crippen LogP contribution in [0.1, 0.15) is 18.4 Å². The third-order valence-corrected chi connectivity index (χ3v) is 4.53. The summed E-state index contributed by atoms with van der Waals surface area (Å²) in [5, 5.41) is 9.68. The second kappa shape index (κ2) is 4.87. The number of hydrogen-bond donors (Lipinski definition) is 1. The Kier molecular flexibility index (Phi) is 3.23. The summed E-state index contributed by atoms with van der Waals surface area (Å²) >= 11 is 0. The van der Waals surface area contributed by atoms with Crippen LogP contribution in [0.3, 0.4) is 0 Å². The molecule has 2 nitrogen and oxygen atoms in total. The standard InChI is InChI=1S/C16H21NO/c1-12-7-14-10-17(16(11-18)15(14)8-12)9-13-5-3-2-4-6-13/h2-6,14-16,18H,1,7-11H2/t14?,15-,16?/m0/s1. The first-order chi connectivity index (χ1) is 8.78. The summed E-state index contributed by atoms with van der Waals surface area (Å²) < 4.78 is 0. The Bertz CT molecular complexity index is 428. The topological polar surface area (TPSA) is 23.5 Å². The first-order valence-electron chi connectivity index (χ1n) is 6.83. The van der Waals surface area contributed by atoms with Crippen LogP contribution in [-0.2, 0) is 6.54 Å². The highest BCUT2D eigenvalue weighted by Gasteiger charge is 2.44. The Morgan fingerprint density at radius 3 is 2.72 bits per heavy atom. The zero-order valence-corrected chi connectivity index (χ0v) is 10.8. The Labute approximate surface area is 109 Å². The van der Waals surface area contributed by atoms with E-state index in [2.05, 4.69) is 41.8 Å². The number of hydrogen-bond acceptors (Lipinski definition) is 2. The first kappa shape index (κ1) is 11.9. The van der Waals surface area contributed by atoms with Crippen molar-refractivity contribution < 1.29 is 5.11 Å². The molecule has 2 heteroatoms. The lowest BCUT2D eigenvalue weighted by Gasteiger charge is -2.26. The van der Waals surface area contributed by atoms with Crippen molar-refractivity contribution in [2.45, 2.75) is 25.4 Å². The third kappa shape index (κ3) is 2.11. The monoisotopic (exact) mass is 243 g/mol. The largest absolute Gasteiger partial charge is 0.395 e. The molecule has 3 rings (SSSR count). The van der Waals surface area contributed by atoms with Gasteiger partial charge < -0.3 is 5.11 Å². The van der Waals surface area contributed by atoms with Gasteiger partial charge in [0.1, 0.15) is 0 Å². The van der Waals surface area contributed by atoms with Gasteiger partial charge in [-0.25, -0.2) is 0 Å². The number of aliphatic hydroxyl groups is 1. The van der Waals surface area contributed by atoms with Gasteiger partial charge in [0, 0.05) is 19.1 Å². The van der Waals surface area contributed by atoms with E-state index in [-0.39, 0.29) is 6.61 Å². The van der Waals surface area contributed by atoms with E-state index in [4.69, 9.17) is 0 Å². The van der Waals surface area contributed by atoms with Gasteiger partial charge in [-0.1, -0.05) is 42.5 Å². The molecule has 3 atom stereocenters. The van der Waals surface area contributed by atoms with E-state index in [0.717, 1.165) is 31.8 Å². The molecule has 0 aromatic heterocycles. The van der Waals surface area contributed by atoms with Crippen LogP contribution in [0.15, 0.2) is 42.5 Å². The second-order valence-corrected chi connectivity index (χ2v) is 5.75. The Hall–Kier alpha value is -1.12. The SMILES string of the molecule is C=C1CC2CN(Cc3ccccc3)C(CO)[C@H]2C1. The number of allylic oxidation sites excluding steroid dienone is 1. The van der Waals surface area contributed by atoms with Crippen LogP contribution in [0.25, 0.3) is 0 Å². The van der Waals surface area contributed by atoms with Gasteiger partial charge in [-0.05, 0) is 30.2 Å². The maximum absolute atomic E-state index is 9.68. The number of fused-ring (bicyclic) bond motifs is 1. The molecule has 1 saturated carbocycles. The summed E-state index contributed by atoms with van der Waals surface area (Å²) in [6.45, 7) is 6.47. The molecular formula is C16H21NO. The van der Waals surface area contributed by atoms with Gasteiger partial charge in [0.15, 0.2) is 0 Å². The van der Waals surface area contributed by atoms with Gasteiger partial charge in [-0.2, -0.15) is 0 Å². The molecule has 2 aliphatic rings. The van der Waals surface area contributed by atoms with Crippen LogP contribution < -0.4 is 0 Å². The Morgan fingerprint density at radius 2 is 2.00 bits per heavy atom. The molecule has 0 amide bonds. The minimum atomic E-state index is 0.279. The molecule has 2 fully saturated rings. The van der Waals surface area contributed by atoms with Crippen molar-refractivity contribution in [3.8, 4) is 0 Å². The number of rotatable bonds is 3. The summed E-state index contributed by atoms with van der Waals surface area (Å²) in [7, 11) is 0. The molecule has 1 aromatic rings. The van der Waals surface area contributed by atoms with E-state index in [1.807, 2.05) is 0 Å². The highest BCUT2D eigenvalue weighted by atomic mass is 16.3. The quantitative estimate of drug-likeness (QED) is 0.824. The van der Waals surface area contributed by atoms with E-state index in [0.29, 0.717) is 12.0 Å². The lowest BCUT2D eigenvalue weighted by molar-refractivity contribution is 0.130. The van der Waals surface area contributed by atoms with Crippen molar-refractivity contribution >= 4 is 0 Å². The molecule has 96 valence electrons. The first-order valence-corrected chi connectivity index (χ1v) is 6.83. The number of likely N-dealkylation sites (tertiary alicyclic amines) is 1. The molecule has 1 aromatic carbocycles. The zero-order chi connectivity index (χ0) is 12.5. The average Bonchev–Trinajstić information content (AvgIpc) is 2.85. The molecular weight excluding hydrogens is 222 g/mol. The fourth-order valence-electron chi connectivity index (χ4n) is 3.71. The van der Waals surface area contributed by atoms with Crippen molar-refractivity contribution in [1.82, 2.24) is 4.90 Å². The molecule has 1 aliphatic heterocycles. The second-order valence-electron chi connectivity index (χ2n) is 5.75. The molecule has 0 spiro atoms. The van der Waals surface area contributed by atoms with E-state index in [1.54, 1.807) is 0 Å². The van der Waals surface area contributed by atoms with Crippen LogP contribution in [-0.4, -0.2) is 29.2 Å². The minimum Gasteiger partial charge on any atom is -0.395 e. The van der Waals surface area contributed by atoms with Crippen molar-refractivity contribution in [2.75, 3.05) is 13.2 Å². The predicted molar refractivity (Wildman–Crippen MR) is 73.1 cm³/mol. The van der Waals surface area contributed by atoms with Crippen LogP contribution in [0.4, 0.5) is 0 Å². The Morgan fingerprint density at radius 1 is 1.22 bits per heavy atom. The highest BCUT2D eigenvalue weighted by Crippen LogP contribution is 2.44. The molecule has 1 heterocycles. The van der Waals surface area contributed by atoms with Gasteiger partial charge in [0.25, 0.3) is 0 Å². The summed E-state index contributed by atoms with van der Waals surface area (Å²) in [5.41, 5.74) is 2.72. The van der Waals surface area contributed by atoms with E-state index < -0.39 is 0 Å². The molecule has 18 heavy (non-hydrogen) atoms. The van der Waals surface area contributed by atoms with Gasteiger partial charge in [-0.15, -0.1) is 0 Å². The van der Waals surface area contributed by atoms with Crippen LogP contribution in [0.2, 0.25) is 0 Å². The van der Waals surface area contributed by atoms with Crippen molar-refractivity contribution in [3.63, 3.8) is 0 Å². The van der Waals surface area contributed by atoms with Gasteiger partial charge in [-0.3, -0.25) is 4.90 Å². The molecule has 1 saturated heterocycles. The molecule has 0 bridgehead atoms. The lowest BCUT2D eigenvalue weighted by Crippen LogP contribution is -2.35. The number of benzene rings is 1. The molecule has 1 N–H and O–H groups in total. The van der Waals surface area contributed by atoms with Gasteiger partial charge >= 0.3 is 0 Å². The number of nitrogens with zero attached hydrogens (tertiary/aromatic N) is 1. The van der Waals surface area contributed by atoms with E-state index >= 15 is 0 Å². The average molecular weight is 243 g/mol. The maximum Gasteiger partial charge on any atom is 0.0589 e. The fourth-order valence-corrected chi connectivity index (χ4v) is 3.71. The Balaban J connectivity index is 1.72. The normalized spacial score (nSPS) is 31.8. The molecule has 2 unspecified atom stereocenters. The van der Waals surface area contributed by atoms with Gasteiger partial charge in [0.2, 0.25) is 0 Å². The fraction of sp³-hybridized carbons (Fsp3) is 0.500. The molecule has 1 aliphatic carbocycles. The zero-order valence-electron chi connectivity index (χ0n) is 10.8. The van der Waals surface area contributed by atoms with Crippen LogP contribution >= 0.6 is 0 Å². The summed E-state index contributed by atoms with van der Waals surface area (Å²) in [6, 6.07) is 10.9. The van der Waals surface area contributed by atoms with Crippen LogP contribution in [0.5, 0.6) is 0 Å². The predicted octanol–water partition coefficient (Wildman–Crippen LogP) is 2.45. The van der Waals surface area contributed by atoms with Crippen molar-refractivity contribution in [1.29, 1.82) is 0 Å². The van der Waals surface area contributed by atoms with Gasteiger partial charge in [0.05, 0.1) is 6.61 Å². The molecule has 0 radical (unpaired) electrons. The van der Waals surface area contributed by atoms with E-state index in [9.17, 15) is 5.11 Å². The summed E-state index contributed by atoms with van der Waals surface area (Å²) in [6.07, 6.45) is 2.27. The third-order valence-electron chi connectivity index (χ3n) is 4.53. The summed E-state index contributed by atoms with van der Waals surface area (Å²) in [4.78, 5) is 2.46. The maximum atomic E-state index is 9.68. The minimum absolute atomic E-state index is 0.279. The van der Waals surface area contributed by atoms with Crippen molar-refractivity contribution in [3.05, 3.63) is 48.0 Å². The lowest BCUT2D eigenvalue weighted by atomic mass is 9.94. The smallest absolute Gasteiger partial charge is 0.0589 e. The number of aliphatic hydroxyl groups excluding tert-OH is 1. The van der Waals surface area contributed by atoms with E-state index in [1.165, 1.54) is 11.1 Å². The van der Waals surface area contributed by atoms with Crippen molar-refractivity contribution in [2.24, 2.45) is 11.8 Å². The summed E-state index contributed by atoms with van der Waals surface area (Å²) in [5.74, 6) is 1.35. The van der Waals surface area contributed by atoms with Crippen LogP contribution in [0, 0.1) is 11.8 Å². The highest BCUT2D eigenvalue weighted by molar-refractivity contribution is 5.17.